The number of allylic oxidation sites excluding steroid dienone is 1. The van der Waals surface area contributed by atoms with Crippen LogP contribution in [0.4, 0.5) is 13.2 Å². The maximum Gasteiger partial charge on any atom is 0.201 e. The summed E-state index contributed by atoms with van der Waals surface area (Å²) < 4.78 is 56.0. The van der Waals surface area contributed by atoms with Crippen LogP contribution in [0.25, 0.3) is 22.3 Å². The number of halogens is 3. The minimum Gasteiger partial charge on any atom is -0.490 e. The Bertz CT molecular complexity index is 1230. The second-order valence-corrected chi connectivity index (χ2v) is 10.3. The van der Waals surface area contributed by atoms with Gasteiger partial charge < -0.3 is 9.47 Å². The Morgan fingerprint density at radius 1 is 0.821 bits per heavy atom. The van der Waals surface area contributed by atoms with Crippen LogP contribution >= 0.6 is 0 Å². The van der Waals surface area contributed by atoms with Crippen LogP contribution in [0.15, 0.2) is 66.7 Å². The van der Waals surface area contributed by atoms with Crippen molar-refractivity contribution in [2.75, 3.05) is 13.2 Å². The van der Waals surface area contributed by atoms with Gasteiger partial charge in [0.15, 0.2) is 11.6 Å². The highest BCUT2D eigenvalue weighted by Gasteiger charge is 2.24. The van der Waals surface area contributed by atoms with Crippen LogP contribution < -0.4 is 4.74 Å². The molecule has 1 aliphatic heterocycles. The van der Waals surface area contributed by atoms with Crippen LogP contribution in [0, 0.1) is 17.5 Å². The Labute approximate surface area is 230 Å². The van der Waals surface area contributed by atoms with Crippen molar-refractivity contribution in [3.05, 3.63) is 89.8 Å². The zero-order valence-corrected chi connectivity index (χ0v) is 23.0. The van der Waals surface area contributed by atoms with Gasteiger partial charge in [-0.15, -0.1) is 0 Å². The fourth-order valence-corrected chi connectivity index (χ4v) is 5.19. The van der Waals surface area contributed by atoms with Gasteiger partial charge in [-0.2, -0.15) is 4.39 Å². The number of hydrogen-bond acceptors (Lipinski definition) is 2. The van der Waals surface area contributed by atoms with Crippen LogP contribution in [0.2, 0.25) is 0 Å². The number of hydrogen-bond donors (Lipinski definition) is 0. The smallest absolute Gasteiger partial charge is 0.201 e. The molecule has 0 aliphatic carbocycles. The Balaban J connectivity index is 1.38. The molecule has 4 rings (SSSR count). The zero-order chi connectivity index (χ0) is 27.6. The summed E-state index contributed by atoms with van der Waals surface area (Å²) in [5.41, 5.74) is 2.92. The van der Waals surface area contributed by atoms with Crippen molar-refractivity contribution in [3.63, 3.8) is 0 Å². The molecule has 0 aromatic heterocycles. The molecular weight excluding hydrogens is 497 g/mol. The minimum atomic E-state index is -0.969. The number of rotatable bonds is 12. The van der Waals surface area contributed by atoms with Crippen molar-refractivity contribution >= 4 is 0 Å². The van der Waals surface area contributed by atoms with Crippen LogP contribution in [0.5, 0.6) is 5.75 Å². The van der Waals surface area contributed by atoms with Gasteiger partial charge >= 0.3 is 0 Å². The predicted octanol–water partition coefficient (Wildman–Crippen LogP) is 10.0. The average Bonchev–Trinajstić information content (AvgIpc) is 2.95. The van der Waals surface area contributed by atoms with Gasteiger partial charge in [0.05, 0.1) is 19.3 Å². The quantitative estimate of drug-likeness (QED) is 0.169. The van der Waals surface area contributed by atoms with Gasteiger partial charge in [-0.3, -0.25) is 0 Å². The van der Waals surface area contributed by atoms with Crippen molar-refractivity contribution in [3.8, 4) is 28.0 Å². The third-order valence-electron chi connectivity index (χ3n) is 7.49. The summed E-state index contributed by atoms with van der Waals surface area (Å²) in [6, 6.07) is 15.4. The summed E-state index contributed by atoms with van der Waals surface area (Å²) in [4.78, 5) is 0. The summed E-state index contributed by atoms with van der Waals surface area (Å²) in [6.45, 7) is 5.02. The van der Waals surface area contributed by atoms with E-state index in [1.807, 2.05) is 31.2 Å². The number of ether oxygens (including phenoxy) is 2. The van der Waals surface area contributed by atoms with Gasteiger partial charge in [0.25, 0.3) is 0 Å². The van der Waals surface area contributed by atoms with Crippen molar-refractivity contribution < 1.29 is 22.6 Å². The molecule has 1 saturated heterocycles. The molecule has 1 heterocycles. The average molecular weight is 537 g/mol. The fraction of sp³-hybridized carbons (Fsp3) is 0.412. The van der Waals surface area contributed by atoms with E-state index in [-0.39, 0.29) is 29.2 Å². The first kappa shape index (κ1) is 28.9. The van der Waals surface area contributed by atoms with E-state index in [1.54, 1.807) is 36.4 Å². The van der Waals surface area contributed by atoms with E-state index in [2.05, 4.69) is 6.92 Å². The van der Waals surface area contributed by atoms with E-state index >= 15 is 4.39 Å². The molecule has 0 N–H and O–H groups in total. The molecule has 3 aromatic carbocycles. The topological polar surface area (TPSA) is 18.5 Å². The zero-order valence-electron chi connectivity index (χ0n) is 23.0. The summed E-state index contributed by atoms with van der Waals surface area (Å²) in [5, 5.41) is 0. The summed E-state index contributed by atoms with van der Waals surface area (Å²) >= 11 is 0. The van der Waals surface area contributed by atoms with Crippen LogP contribution in [-0.4, -0.2) is 19.3 Å². The lowest BCUT2D eigenvalue weighted by molar-refractivity contribution is 0.0319. The third kappa shape index (κ3) is 7.54. The first-order valence-corrected chi connectivity index (χ1v) is 14.3. The third-order valence-corrected chi connectivity index (χ3v) is 7.49. The maximum atomic E-state index is 15.1. The lowest BCUT2D eigenvalue weighted by Crippen LogP contribution is -2.23. The van der Waals surface area contributed by atoms with Gasteiger partial charge in [0.1, 0.15) is 5.82 Å². The van der Waals surface area contributed by atoms with Crippen molar-refractivity contribution in [2.24, 2.45) is 0 Å². The lowest BCUT2D eigenvalue weighted by atomic mass is 9.89. The first-order chi connectivity index (χ1) is 19.0. The Morgan fingerprint density at radius 2 is 1.54 bits per heavy atom. The highest BCUT2D eigenvalue weighted by Crippen LogP contribution is 2.34. The molecule has 2 unspecified atom stereocenters. The molecule has 1 fully saturated rings. The largest absolute Gasteiger partial charge is 0.490 e. The molecular formula is C34H39F3O2. The Morgan fingerprint density at radius 3 is 2.23 bits per heavy atom. The van der Waals surface area contributed by atoms with E-state index in [0.29, 0.717) is 24.3 Å². The molecule has 5 heteroatoms. The van der Waals surface area contributed by atoms with Crippen LogP contribution in [-0.2, 0) is 4.74 Å². The molecule has 39 heavy (non-hydrogen) atoms. The molecule has 3 aromatic rings. The van der Waals surface area contributed by atoms with E-state index < -0.39 is 11.6 Å². The summed E-state index contributed by atoms with van der Waals surface area (Å²) in [5.74, 6) is -2.16. The van der Waals surface area contributed by atoms with E-state index in [1.165, 1.54) is 25.3 Å². The van der Waals surface area contributed by atoms with Crippen molar-refractivity contribution in [2.45, 2.75) is 77.2 Å². The molecule has 0 saturated carbocycles. The monoisotopic (exact) mass is 536 g/mol. The highest BCUT2D eigenvalue weighted by atomic mass is 19.2. The molecule has 1 aliphatic rings. The van der Waals surface area contributed by atoms with Crippen LogP contribution in [0.1, 0.15) is 76.7 Å². The molecule has 0 spiro atoms. The SMILES string of the molecule is CC=CC1CCC(c2ccc(-c3ccc(-c4ccc(OCCCCCCCC)c(F)c4F)cc3)cc2F)CO1. The minimum absolute atomic E-state index is 0.0403. The number of unbranched alkanes of at least 4 members (excludes halogenated alkanes) is 5. The molecule has 2 nitrogen and oxygen atoms in total. The van der Waals surface area contributed by atoms with Crippen molar-refractivity contribution in [1.29, 1.82) is 0 Å². The molecule has 0 amide bonds. The van der Waals surface area contributed by atoms with Gasteiger partial charge in [-0.05, 0) is 66.6 Å². The van der Waals surface area contributed by atoms with Gasteiger partial charge in [-0.25, -0.2) is 8.78 Å². The summed E-state index contributed by atoms with van der Waals surface area (Å²) in [6.07, 6.45) is 12.5. The fourth-order valence-electron chi connectivity index (χ4n) is 5.19. The Hall–Kier alpha value is -3.05. The highest BCUT2D eigenvalue weighted by molar-refractivity contribution is 5.71. The first-order valence-electron chi connectivity index (χ1n) is 14.3. The van der Waals surface area contributed by atoms with E-state index in [9.17, 15) is 8.78 Å². The normalized spacial score (nSPS) is 17.6. The van der Waals surface area contributed by atoms with Crippen LogP contribution in [0.3, 0.4) is 0 Å². The van der Waals surface area contributed by atoms with Gasteiger partial charge in [0.2, 0.25) is 5.82 Å². The molecule has 0 radical (unpaired) electrons. The van der Waals surface area contributed by atoms with E-state index in [4.69, 9.17) is 9.47 Å². The second kappa shape index (κ2) is 14.4. The number of benzene rings is 3. The Kier molecular flexibility index (Phi) is 10.7. The van der Waals surface area contributed by atoms with E-state index in [0.717, 1.165) is 43.2 Å². The predicted molar refractivity (Wildman–Crippen MR) is 153 cm³/mol. The lowest BCUT2D eigenvalue weighted by Gasteiger charge is -2.28. The molecule has 0 bridgehead atoms. The van der Waals surface area contributed by atoms with Crippen molar-refractivity contribution in [1.82, 2.24) is 0 Å². The van der Waals surface area contributed by atoms with Gasteiger partial charge in [-0.1, -0.05) is 87.6 Å². The molecule has 208 valence electrons. The second-order valence-electron chi connectivity index (χ2n) is 10.3. The summed E-state index contributed by atoms with van der Waals surface area (Å²) in [7, 11) is 0. The standard InChI is InChI=1S/C34H39F3O2/c1-3-5-6-7-8-9-21-38-32-20-19-30(33(36)34(32)37)25-13-11-24(12-14-25)26-16-18-29(31(35)22-26)27-15-17-28(10-4-2)39-23-27/h4,10-14,16,18-20,22,27-28H,3,5-9,15,17,21,23H2,1-2H3. The molecule has 2 atom stereocenters. The van der Waals surface area contributed by atoms with Gasteiger partial charge in [0, 0.05) is 11.5 Å². The maximum absolute atomic E-state index is 15.1.